The van der Waals surface area contributed by atoms with Gasteiger partial charge in [-0.1, -0.05) is 24.3 Å². The van der Waals surface area contributed by atoms with Crippen molar-refractivity contribution in [3.8, 4) is 33.0 Å². The van der Waals surface area contributed by atoms with Gasteiger partial charge in [0.15, 0.2) is 0 Å². The first-order valence-electron chi connectivity index (χ1n) is 12.7. The van der Waals surface area contributed by atoms with Gasteiger partial charge < -0.3 is 9.73 Å². The van der Waals surface area contributed by atoms with E-state index in [4.69, 9.17) is 4.42 Å². The first kappa shape index (κ1) is 27.6. The van der Waals surface area contributed by atoms with Crippen molar-refractivity contribution in [3.05, 3.63) is 96.1 Å². The van der Waals surface area contributed by atoms with Gasteiger partial charge in [0.1, 0.15) is 28.0 Å². The molecule has 4 aromatic carbocycles. The van der Waals surface area contributed by atoms with Gasteiger partial charge >= 0.3 is 0 Å². The van der Waals surface area contributed by atoms with Crippen molar-refractivity contribution >= 4 is 54.1 Å². The number of hydrogen-bond donors (Lipinski definition) is 1. The van der Waals surface area contributed by atoms with Crippen molar-refractivity contribution in [2.75, 3.05) is 24.7 Å². The molecule has 2 aromatic heterocycles. The molecule has 42 heavy (non-hydrogen) atoms. The van der Waals surface area contributed by atoms with E-state index in [2.05, 4.69) is 10.3 Å². The topological polar surface area (TPSA) is 92.5 Å². The van der Waals surface area contributed by atoms with Crippen LogP contribution < -0.4 is 9.62 Å². The minimum Gasteiger partial charge on any atom is -0.455 e. The van der Waals surface area contributed by atoms with Gasteiger partial charge in [0.2, 0.25) is 10.0 Å². The molecule has 212 valence electrons. The predicted octanol–water partition coefficient (Wildman–Crippen LogP) is 7.08. The molecule has 0 saturated carbocycles. The highest BCUT2D eigenvalue weighted by molar-refractivity contribution is 7.92. The molecule has 0 atom stereocenters. The van der Waals surface area contributed by atoms with Gasteiger partial charge in [-0.05, 0) is 54.1 Å². The molecule has 6 rings (SSSR count). The Morgan fingerprint density at radius 1 is 0.952 bits per heavy atom. The predicted molar refractivity (Wildman–Crippen MR) is 162 cm³/mol. The van der Waals surface area contributed by atoms with Gasteiger partial charge in [0.05, 0.1) is 27.7 Å². The van der Waals surface area contributed by atoms with Crippen LogP contribution in [0.2, 0.25) is 0 Å². The van der Waals surface area contributed by atoms with E-state index >= 15 is 0 Å². The molecule has 0 aliphatic heterocycles. The third-order valence-corrected chi connectivity index (χ3v) is 9.31. The Morgan fingerprint density at radius 2 is 1.67 bits per heavy atom. The number of nitrogens with zero attached hydrogens (tertiary/aromatic N) is 2. The number of hydrogen-bond acceptors (Lipinski definition) is 6. The number of fused-ring (bicyclic) bond motifs is 2. The smallest absolute Gasteiger partial charge is 0.255 e. The Kier molecular flexibility index (Phi) is 6.78. The van der Waals surface area contributed by atoms with Gasteiger partial charge in [-0.15, -0.1) is 11.3 Å². The summed E-state index contributed by atoms with van der Waals surface area (Å²) < 4.78 is 61.2. The summed E-state index contributed by atoms with van der Waals surface area (Å²) in [5, 5.41) is 3.68. The molecule has 0 aliphatic rings. The van der Waals surface area contributed by atoms with Crippen LogP contribution in [0.4, 0.5) is 14.5 Å². The van der Waals surface area contributed by atoms with Crippen molar-refractivity contribution in [3.63, 3.8) is 0 Å². The van der Waals surface area contributed by atoms with Crippen molar-refractivity contribution in [2.45, 2.75) is 0 Å². The van der Waals surface area contributed by atoms with E-state index in [0.29, 0.717) is 48.6 Å². The van der Waals surface area contributed by atoms with Crippen LogP contribution in [0.3, 0.4) is 0 Å². The molecule has 0 bridgehead atoms. The van der Waals surface area contributed by atoms with Crippen LogP contribution in [0, 0.1) is 11.6 Å². The molecule has 0 fully saturated rings. The number of aromatic nitrogens is 1. The summed E-state index contributed by atoms with van der Waals surface area (Å²) in [6, 6.07) is 20.9. The first-order chi connectivity index (χ1) is 20.0. The highest BCUT2D eigenvalue weighted by atomic mass is 32.2. The molecular formula is C31H23F2N3O4S2. The molecule has 0 unspecified atom stereocenters. The lowest BCUT2D eigenvalue weighted by Crippen LogP contribution is -2.25. The molecule has 1 N–H and O–H groups in total. The van der Waals surface area contributed by atoms with Gasteiger partial charge in [-0.25, -0.2) is 22.2 Å². The quantitative estimate of drug-likeness (QED) is 0.220. The van der Waals surface area contributed by atoms with E-state index in [1.165, 1.54) is 55.8 Å². The Balaban J connectivity index is 1.60. The monoisotopic (exact) mass is 603 g/mol. The summed E-state index contributed by atoms with van der Waals surface area (Å²) in [6.07, 6.45) is 1.09. The fraction of sp³-hybridized carbons (Fsp3) is 0.0968. The van der Waals surface area contributed by atoms with E-state index in [0.717, 1.165) is 10.6 Å². The minimum absolute atomic E-state index is 0.222. The highest BCUT2D eigenvalue weighted by Gasteiger charge is 2.26. The van der Waals surface area contributed by atoms with Crippen molar-refractivity contribution < 1.29 is 26.4 Å². The van der Waals surface area contributed by atoms with Crippen LogP contribution in [0.5, 0.6) is 0 Å². The van der Waals surface area contributed by atoms with Crippen molar-refractivity contribution in [2.24, 2.45) is 0 Å². The maximum absolute atomic E-state index is 14.4. The molecule has 0 aliphatic carbocycles. The average molecular weight is 604 g/mol. The Bertz CT molecular complexity index is 2120. The molecular weight excluding hydrogens is 580 g/mol. The lowest BCUT2D eigenvalue weighted by molar-refractivity contribution is 0.0964. The number of halogens is 2. The number of rotatable bonds is 6. The molecule has 0 spiro atoms. The molecule has 7 nitrogen and oxygen atoms in total. The van der Waals surface area contributed by atoms with E-state index in [1.54, 1.807) is 30.3 Å². The fourth-order valence-electron chi connectivity index (χ4n) is 4.82. The van der Waals surface area contributed by atoms with Crippen molar-refractivity contribution in [1.82, 2.24) is 10.3 Å². The summed E-state index contributed by atoms with van der Waals surface area (Å²) in [7, 11) is -0.775. The second-order valence-corrected chi connectivity index (χ2v) is 12.7. The van der Waals surface area contributed by atoms with Gasteiger partial charge in [0, 0.05) is 42.2 Å². The number of benzene rings is 4. The maximum Gasteiger partial charge on any atom is 0.255 e. The largest absolute Gasteiger partial charge is 0.455 e. The summed E-state index contributed by atoms with van der Waals surface area (Å²) in [5.74, 6) is -0.992. The van der Waals surface area contributed by atoms with Gasteiger partial charge in [0.25, 0.3) is 5.91 Å². The summed E-state index contributed by atoms with van der Waals surface area (Å²) >= 11 is 1.22. The summed E-state index contributed by atoms with van der Waals surface area (Å²) in [5.41, 5.74) is 3.73. The van der Waals surface area contributed by atoms with E-state index < -0.39 is 21.7 Å². The maximum atomic E-state index is 14.4. The number of carbonyl (C=O) groups excluding carboxylic acids is 1. The molecule has 0 radical (unpaired) electrons. The minimum atomic E-state index is -3.70. The number of sulfonamides is 1. The number of thiazole rings is 1. The zero-order chi connectivity index (χ0) is 29.8. The third-order valence-electron chi connectivity index (χ3n) is 6.99. The average Bonchev–Trinajstić information content (AvgIpc) is 3.58. The van der Waals surface area contributed by atoms with Crippen LogP contribution in [-0.2, 0) is 10.0 Å². The van der Waals surface area contributed by atoms with E-state index in [-0.39, 0.29) is 22.7 Å². The standard InChI is InChI=1S/C31H23F2N3O4S2/c1-34-30(37)27-22-15-21(18-6-4-7-19(14-18)31-35-24-9-5-8-23(33)29(24)41-31)25(36(2)42(3,38)39)16-26(22)40-28(27)17-10-12-20(32)13-11-17/h4-16H,1-3H3,(H,34,37). The Hall–Kier alpha value is -4.61. The van der Waals surface area contributed by atoms with Crippen LogP contribution in [0.1, 0.15) is 10.4 Å². The molecule has 11 heteroatoms. The first-order valence-corrected chi connectivity index (χ1v) is 15.4. The zero-order valence-electron chi connectivity index (χ0n) is 22.6. The second-order valence-electron chi connectivity index (χ2n) is 9.68. The van der Waals surface area contributed by atoms with Crippen LogP contribution in [0.15, 0.2) is 83.3 Å². The SMILES string of the molecule is CNC(=O)c1c(-c2ccc(F)cc2)oc2cc(N(C)S(C)(=O)=O)c(-c3cccc(-c4nc5cccc(F)c5s4)c3)cc12. The fourth-order valence-corrected chi connectivity index (χ4v) is 6.29. The van der Waals surface area contributed by atoms with Gasteiger partial charge in [-0.2, -0.15) is 0 Å². The lowest BCUT2D eigenvalue weighted by atomic mass is 9.97. The number of furan rings is 1. The summed E-state index contributed by atoms with van der Waals surface area (Å²) in [6.45, 7) is 0. The number of anilines is 1. The molecule has 1 amide bonds. The Labute approximate surface area is 244 Å². The van der Waals surface area contributed by atoms with Crippen LogP contribution in [-0.4, -0.2) is 39.7 Å². The summed E-state index contributed by atoms with van der Waals surface area (Å²) in [4.78, 5) is 17.7. The van der Waals surface area contributed by atoms with E-state index in [9.17, 15) is 22.0 Å². The lowest BCUT2D eigenvalue weighted by Gasteiger charge is -2.21. The molecule has 6 aromatic rings. The van der Waals surface area contributed by atoms with Gasteiger partial charge in [-0.3, -0.25) is 9.10 Å². The third kappa shape index (κ3) is 4.80. The van der Waals surface area contributed by atoms with Crippen LogP contribution in [0.25, 0.3) is 54.2 Å². The zero-order valence-corrected chi connectivity index (χ0v) is 24.2. The second kappa shape index (κ2) is 10.3. The van der Waals surface area contributed by atoms with Crippen LogP contribution >= 0.6 is 11.3 Å². The number of carbonyl (C=O) groups is 1. The number of amides is 1. The van der Waals surface area contributed by atoms with Crippen molar-refractivity contribution in [1.29, 1.82) is 0 Å². The molecule has 0 saturated heterocycles. The highest BCUT2D eigenvalue weighted by Crippen LogP contribution is 2.42. The normalized spacial score (nSPS) is 11.7. The number of nitrogens with one attached hydrogen (secondary N) is 1. The molecule has 2 heterocycles. The van der Waals surface area contributed by atoms with E-state index in [1.807, 2.05) is 18.2 Å². The Morgan fingerprint density at radius 3 is 2.36 bits per heavy atom.